The van der Waals surface area contributed by atoms with Crippen LogP contribution in [-0.4, -0.2) is 47.8 Å². The second-order valence-corrected chi connectivity index (χ2v) is 5.14. The minimum atomic E-state index is -1.11. The predicted octanol–water partition coefficient (Wildman–Crippen LogP) is 1.08. The van der Waals surface area contributed by atoms with Gasteiger partial charge in [-0.1, -0.05) is 0 Å². The van der Waals surface area contributed by atoms with Crippen LogP contribution in [0.2, 0.25) is 0 Å². The van der Waals surface area contributed by atoms with Gasteiger partial charge in [-0.25, -0.2) is 4.39 Å². The van der Waals surface area contributed by atoms with Gasteiger partial charge in [0.15, 0.2) is 0 Å². The summed E-state index contributed by atoms with van der Waals surface area (Å²) >= 11 is 0. The number of nitrogens with zero attached hydrogens (tertiary/aromatic N) is 1. The summed E-state index contributed by atoms with van der Waals surface area (Å²) in [6, 6.07) is 5.87. The average molecular weight is 282 g/mol. The first kappa shape index (κ1) is 14.7. The Morgan fingerprint density at radius 1 is 1.45 bits per heavy atom. The maximum Gasteiger partial charge on any atom is 0.325 e. The van der Waals surface area contributed by atoms with E-state index < -0.39 is 11.5 Å². The Morgan fingerprint density at radius 3 is 2.75 bits per heavy atom. The molecule has 0 amide bonds. The number of ether oxygens (including phenoxy) is 1. The van der Waals surface area contributed by atoms with Crippen LogP contribution in [0.5, 0.6) is 5.75 Å². The molecule has 0 spiro atoms. The number of aliphatic carboxylic acids is 1. The van der Waals surface area contributed by atoms with E-state index in [2.05, 4.69) is 0 Å². The average Bonchev–Trinajstić information content (AvgIpc) is 2.80. The lowest BCUT2D eigenvalue weighted by Gasteiger charge is -2.19. The van der Waals surface area contributed by atoms with Crippen LogP contribution >= 0.6 is 0 Å². The van der Waals surface area contributed by atoms with Crippen molar-refractivity contribution < 1.29 is 19.0 Å². The van der Waals surface area contributed by atoms with Crippen LogP contribution in [0.4, 0.5) is 4.39 Å². The molecule has 0 aliphatic carbocycles. The lowest BCUT2D eigenvalue weighted by Crippen LogP contribution is -2.50. The van der Waals surface area contributed by atoms with Crippen LogP contribution in [0.3, 0.4) is 0 Å². The van der Waals surface area contributed by atoms with Gasteiger partial charge in [-0.15, -0.1) is 0 Å². The summed E-state index contributed by atoms with van der Waals surface area (Å²) in [5.74, 6) is -0.600. The molecule has 1 saturated heterocycles. The number of hydrogen-bond donors (Lipinski definition) is 2. The highest BCUT2D eigenvalue weighted by Crippen LogP contribution is 2.19. The molecule has 1 aliphatic rings. The minimum Gasteiger partial charge on any atom is -0.494 e. The summed E-state index contributed by atoms with van der Waals surface area (Å²) in [5.41, 5.74) is 4.68. The van der Waals surface area contributed by atoms with E-state index in [1.54, 1.807) is 12.1 Å². The van der Waals surface area contributed by atoms with Gasteiger partial charge in [0.25, 0.3) is 0 Å². The van der Waals surface area contributed by atoms with Crippen LogP contribution in [0, 0.1) is 5.82 Å². The van der Waals surface area contributed by atoms with Crippen LogP contribution in [-0.2, 0) is 4.79 Å². The number of carboxylic acids is 1. The Hall–Kier alpha value is -1.66. The van der Waals surface area contributed by atoms with Crippen LogP contribution in [0.1, 0.15) is 12.8 Å². The summed E-state index contributed by atoms with van der Waals surface area (Å²) < 4.78 is 18.2. The quantitative estimate of drug-likeness (QED) is 0.764. The Kier molecular flexibility index (Phi) is 4.57. The number of carboxylic acid groups (broad SMARTS) is 1. The molecular weight excluding hydrogens is 263 g/mol. The lowest BCUT2D eigenvalue weighted by molar-refractivity contribution is -0.142. The zero-order chi connectivity index (χ0) is 14.6. The lowest BCUT2D eigenvalue weighted by atomic mass is 10.0. The first-order chi connectivity index (χ1) is 9.49. The molecule has 1 aromatic rings. The first-order valence-corrected chi connectivity index (χ1v) is 6.63. The van der Waals surface area contributed by atoms with Crippen molar-refractivity contribution in [2.75, 3.05) is 26.2 Å². The van der Waals surface area contributed by atoms with Crippen molar-refractivity contribution in [2.24, 2.45) is 5.73 Å². The highest BCUT2D eigenvalue weighted by molar-refractivity contribution is 5.79. The van der Waals surface area contributed by atoms with E-state index in [0.29, 0.717) is 31.9 Å². The molecule has 110 valence electrons. The van der Waals surface area contributed by atoms with E-state index >= 15 is 0 Å². The molecule has 20 heavy (non-hydrogen) atoms. The molecule has 0 saturated carbocycles. The Balaban J connectivity index is 1.67. The first-order valence-electron chi connectivity index (χ1n) is 6.63. The maximum absolute atomic E-state index is 12.7. The molecule has 1 aromatic carbocycles. The zero-order valence-corrected chi connectivity index (χ0v) is 11.2. The molecule has 6 heteroatoms. The third-order valence-electron chi connectivity index (χ3n) is 3.51. The van der Waals surface area contributed by atoms with E-state index in [9.17, 15) is 9.18 Å². The van der Waals surface area contributed by atoms with Crippen molar-refractivity contribution in [3.8, 4) is 5.75 Å². The molecule has 1 heterocycles. The zero-order valence-electron chi connectivity index (χ0n) is 11.2. The normalized spacial score (nSPS) is 22.9. The van der Waals surface area contributed by atoms with Gasteiger partial charge in [0.1, 0.15) is 17.1 Å². The van der Waals surface area contributed by atoms with Crippen molar-refractivity contribution in [1.29, 1.82) is 0 Å². The molecule has 0 bridgehead atoms. The molecule has 3 N–H and O–H groups in total. The van der Waals surface area contributed by atoms with E-state index in [0.717, 1.165) is 13.0 Å². The number of carbonyl (C=O) groups is 1. The second-order valence-electron chi connectivity index (χ2n) is 5.14. The number of benzene rings is 1. The summed E-state index contributed by atoms with van der Waals surface area (Å²) in [6.07, 6.45) is 1.24. The Labute approximate surface area is 117 Å². The number of nitrogens with two attached hydrogens (primary N) is 1. The van der Waals surface area contributed by atoms with Crippen LogP contribution in [0.25, 0.3) is 0 Å². The van der Waals surface area contributed by atoms with Gasteiger partial charge in [0.2, 0.25) is 0 Å². The third kappa shape index (κ3) is 3.68. The molecule has 1 fully saturated rings. The third-order valence-corrected chi connectivity index (χ3v) is 3.51. The molecule has 0 radical (unpaired) electrons. The van der Waals surface area contributed by atoms with Gasteiger partial charge in [-0.05, 0) is 37.1 Å². The monoisotopic (exact) mass is 282 g/mol. The van der Waals surface area contributed by atoms with Gasteiger partial charge in [-0.3, -0.25) is 4.79 Å². The van der Waals surface area contributed by atoms with Gasteiger partial charge in [-0.2, -0.15) is 0 Å². The van der Waals surface area contributed by atoms with Crippen molar-refractivity contribution in [3.05, 3.63) is 30.1 Å². The fourth-order valence-electron chi connectivity index (χ4n) is 2.29. The molecule has 1 atom stereocenters. The fourth-order valence-corrected chi connectivity index (χ4v) is 2.29. The summed E-state index contributed by atoms with van der Waals surface area (Å²) in [5, 5.41) is 9.03. The minimum absolute atomic E-state index is 0.289. The number of hydrogen-bond acceptors (Lipinski definition) is 4. The molecule has 5 nitrogen and oxygen atoms in total. The highest BCUT2D eigenvalue weighted by atomic mass is 19.1. The maximum atomic E-state index is 12.7. The number of likely N-dealkylation sites (tertiary alicyclic amines) is 1. The van der Waals surface area contributed by atoms with E-state index in [1.807, 2.05) is 4.90 Å². The Morgan fingerprint density at radius 2 is 2.15 bits per heavy atom. The molecule has 1 unspecified atom stereocenters. The van der Waals surface area contributed by atoms with Crippen molar-refractivity contribution >= 4 is 5.97 Å². The van der Waals surface area contributed by atoms with Gasteiger partial charge in [0.05, 0.1) is 6.61 Å². The van der Waals surface area contributed by atoms with Crippen molar-refractivity contribution in [3.63, 3.8) is 0 Å². The topological polar surface area (TPSA) is 75.8 Å². The SMILES string of the molecule is NC1(C(=O)O)CCN(CCCOc2ccc(F)cc2)C1. The Bertz CT molecular complexity index is 466. The van der Waals surface area contributed by atoms with E-state index in [-0.39, 0.29) is 5.82 Å². The van der Waals surface area contributed by atoms with Gasteiger partial charge < -0.3 is 20.5 Å². The molecule has 2 rings (SSSR count). The van der Waals surface area contributed by atoms with E-state index in [1.165, 1.54) is 12.1 Å². The fraction of sp³-hybridized carbons (Fsp3) is 0.500. The highest BCUT2D eigenvalue weighted by Gasteiger charge is 2.40. The standard InChI is InChI=1S/C14H19FN2O3/c15-11-2-4-12(5-3-11)20-9-1-7-17-8-6-14(16,10-17)13(18)19/h2-5H,1,6-10,16H2,(H,18,19). The van der Waals surface area contributed by atoms with Crippen LogP contribution in [0.15, 0.2) is 24.3 Å². The number of halogens is 1. The smallest absolute Gasteiger partial charge is 0.325 e. The van der Waals surface area contributed by atoms with E-state index in [4.69, 9.17) is 15.6 Å². The summed E-state index contributed by atoms with van der Waals surface area (Å²) in [7, 11) is 0. The molecule has 0 aromatic heterocycles. The predicted molar refractivity (Wildman–Crippen MR) is 72.1 cm³/mol. The largest absolute Gasteiger partial charge is 0.494 e. The summed E-state index contributed by atoms with van der Waals surface area (Å²) in [4.78, 5) is 13.0. The second kappa shape index (κ2) is 6.19. The van der Waals surface area contributed by atoms with Gasteiger partial charge >= 0.3 is 5.97 Å². The number of rotatable bonds is 6. The summed E-state index contributed by atoms with van der Waals surface area (Å²) in [6.45, 7) is 2.32. The van der Waals surface area contributed by atoms with Gasteiger partial charge in [0, 0.05) is 19.6 Å². The van der Waals surface area contributed by atoms with Crippen molar-refractivity contribution in [1.82, 2.24) is 4.90 Å². The van der Waals surface area contributed by atoms with Crippen molar-refractivity contribution in [2.45, 2.75) is 18.4 Å². The molecular formula is C14H19FN2O3. The molecule has 1 aliphatic heterocycles. The van der Waals surface area contributed by atoms with Crippen LogP contribution < -0.4 is 10.5 Å².